The smallest absolute Gasteiger partial charge is 0.269 e. The number of benzene rings is 1. The van der Waals surface area contributed by atoms with Crippen molar-refractivity contribution in [1.29, 1.82) is 0 Å². The molecule has 0 bridgehead atoms. The molecule has 0 saturated heterocycles. The molecule has 1 N–H and O–H groups in total. The van der Waals surface area contributed by atoms with Crippen LogP contribution in [-0.4, -0.2) is 30.5 Å². The summed E-state index contributed by atoms with van der Waals surface area (Å²) >= 11 is 1.69. The standard InChI is InChI=1S/C15H19N3O2S/c1-17(2)15(13-6-7-21-11-13)10-16-9-12-4-3-5-14(8-12)18(19)20/h3-8,11,15-16H,9-10H2,1-2H3. The summed E-state index contributed by atoms with van der Waals surface area (Å²) in [6, 6.07) is 9.17. The fourth-order valence-corrected chi connectivity index (χ4v) is 2.90. The van der Waals surface area contributed by atoms with Gasteiger partial charge in [-0.05, 0) is 42.0 Å². The lowest BCUT2D eigenvalue weighted by Gasteiger charge is -2.24. The Hall–Kier alpha value is -1.76. The molecule has 0 amide bonds. The van der Waals surface area contributed by atoms with Gasteiger partial charge in [-0.25, -0.2) is 0 Å². The first-order valence-electron chi connectivity index (χ1n) is 6.70. The van der Waals surface area contributed by atoms with Crippen LogP contribution in [0.15, 0.2) is 41.1 Å². The zero-order valence-corrected chi connectivity index (χ0v) is 13.0. The van der Waals surface area contributed by atoms with Crippen molar-refractivity contribution >= 4 is 17.0 Å². The molecule has 112 valence electrons. The van der Waals surface area contributed by atoms with Crippen LogP contribution in [0.2, 0.25) is 0 Å². The Morgan fingerprint density at radius 3 is 2.81 bits per heavy atom. The first-order chi connectivity index (χ1) is 10.1. The normalized spacial score (nSPS) is 12.5. The van der Waals surface area contributed by atoms with E-state index in [1.807, 2.05) is 6.07 Å². The van der Waals surface area contributed by atoms with E-state index in [1.54, 1.807) is 23.5 Å². The molecule has 5 nitrogen and oxygen atoms in total. The Kier molecular flexibility index (Phi) is 5.44. The van der Waals surface area contributed by atoms with Gasteiger partial charge < -0.3 is 10.2 Å². The molecule has 0 aliphatic rings. The second-order valence-electron chi connectivity index (χ2n) is 5.09. The monoisotopic (exact) mass is 305 g/mol. The molecule has 1 heterocycles. The average molecular weight is 305 g/mol. The molecule has 2 rings (SSSR count). The Bertz CT molecular complexity index is 584. The zero-order valence-electron chi connectivity index (χ0n) is 12.2. The molecule has 1 aromatic carbocycles. The van der Waals surface area contributed by atoms with E-state index in [9.17, 15) is 10.1 Å². The van der Waals surface area contributed by atoms with Gasteiger partial charge in [-0.15, -0.1) is 0 Å². The van der Waals surface area contributed by atoms with Gasteiger partial charge in [0.2, 0.25) is 0 Å². The number of hydrogen-bond acceptors (Lipinski definition) is 5. The van der Waals surface area contributed by atoms with Gasteiger partial charge in [-0.3, -0.25) is 10.1 Å². The summed E-state index contributed by atoms with van der Waals surface area (Å²) in [5.74, 6) is 0. The van der Waals surface area contributed by atoms with Gasteiger partial charge in [0.05, 0.1) is 4.92 Å². The van der Waals surface area contributed by atoms with Crippen LogP contribution in [0, 0.1) is 10.1 Å². The second-order valence-corrected chi connectivity index (χ2v) is 5.87. The molecule has 6 heteroatoms. The number of nitro groups is 1. The van der Waals surface area contributed by atoms with Crippen LogP contribution in [0.1, 0.15) is 17.2 Å². The molecule has 1 atom stereocenters. The summed E-state index contributed by atoms with van der Waals surface area (Å²) in [6.45, 7) is 1.42. The quantitative estimate of drug-likeness (QED) is 0.631. The minimum atomic E-state index is -0.364. The predicted octanol–water partition coefficient (Wildman–Crippen LogP) is 3.05. The van der Waals surface area contributed by atoms with Crippen LogP contribution in [0.3, 0.4) is 0 Å². The van der Waals surface area contributed by atoms with E-state index < -0.39 is 0 Å². The molecule has 0 fully saturated rings. The molecule has 0 radical (unpaired) electrons. The van der Waals surface area contributed by atoms with Crippen molar-refractivity contribution in [1.82, 2.24) is 10.2 Å². The minimum absolute atomic E-state index is 0.135. The number of likely N-dealkylation sites (N-methyl/N-ethyl adjacent to an activating group) is 1. The van der Waals surface area contributed by atoms with Gasteiger partial charge in [0.1, 0.15) is 0 Å². The Labute approximate surface area is 128 Å². The second kappa shape index (κ2) is 7.31. The third kappa shape index (κ3) is 4.35. The molecule has 0 aliphatic heterocycles. The molecule has 21 heavy (non-hydrogen) atoms. The van der Waals surface area contributed by atoms with Crippen LogP contribution >= 0.6 is 11.3 Å². The van der Waals surface area contributed by atoms with Crippen LogP contribution in [0.4, 0.5) is 5.69 Å². The third-order valence-electron chi connectivity index (χ3n) is 3.34. The summed E-state index contributed by atoms with van der Waals surface area (Å²) in [4.78, 5) is 12.6. The summed E-state index contributed by atoms with van der Waals surface area (Å²) in [5, 5.41) is 18.4. The van der Waals surface area contributed by atoms with Crippen molar-refractivity contribution in [2.24, 2.45) is 0 Å². The van der Waals surface area contributed by atoms with Crippen LogP contribution in [-0.2, 0) is 6.54 Å². The summed E-state index contributed by atoms with van der Waals surface area (Å²) < 4.78 is 0. The van der Waals surface area contributed by atoms with Gasteiger partial charge in [-0.1, -0.05) is 12.1 Å². The molecular formula is C15H19N3O2S. The number of non-ortho nitro benzene ring substituents is 1. The summed E-state index contributed by atoms with van der Waals surface area (Å²) in [7, 11) is 4.11. The fourth-order valence-electron chi connectivity index (χ4n) is 2.20. The third-order valence-corrected chi connectivity index (χ3v) is 4.04. The van der Waals surface area contributed by atoms with Crippen LogP contribution < -0.4 is 5.32 Å². The van der Waals surface area contributed by atoms with E-state index >= 15 is 0 Å². The number of nitro benzene ring substituents is 1. The highest BCUT2D eigenvalue weighted by Crippen LogP contribution is 2.20. The van der Waals surface area contributed by atoms with Crippen molar-refractivity contribution in [3.63, 3.8) is 0 Å². The highest BCUT2D eigenvalue weighted by Gasteiger charge is 2.14. The Morgan fingerprint density at radius 1 is 1.38 bits per heavy atom. The van der Waals surface area contributed by atoms with Crippen molar-refractivity contribution in [3.05, 3.63) is 62.3 Å². The van der Waals surface area contributed by atoms with Crippen molar-refractivity contribution in [2.75, 3.05) is 20.6 Å². The number of thiophene rings is 1. The maximum absolute atomic E-state index is 10.8. The van der Waals surface area contributed by atoms with Crippen molar-refractivity contribution in [3.8, 4) is 0 Å². The first kappa shape index (κ1) is 15.6. The highest BCUT2D eigenvalue weighted by molar-refractivity contribution is 7.07. The fraction of sp³-hybridized carbons (Fsp3) is 0.333. The van der Waals surface area contributed by atoms with Gasteiger partial charge in [0, 0.05) is 31.3 Å². The lowest BCUT2D eigenvalue weighted by atomic mass is 10.1. The first-order valence-corrected chi connectivity index (χ1v) is 7.65. The van der Waals surface area contributed by atoms with E-state index in [4.69, 9.17) is 0 Å². The number of nitrogens with zero attached hydrogens (tertiary/aromatic N) is 2. The zero-order chi connectivity index (χ0) is 15.2. The molecule has 0 aliphatic carbocycles. The number of hydrogen-bond donors (Lipinski definition) is 1. The summed E-state index contributed by atoms with van der Waals surface area (Å²) in [6.07, 6.45) is 0. The Balaban J connectivity index is 1.93. The summed E-state index contributed by atoms with van der Waals surface area (Å²) in [5.41, 5.74) is 2.35. The van der Waals surface area contributed by atoms with Crippen LogP contribution in [0.5, 0.6) is 0 Å². The van der Waals surface area contributed by atoms with Crippen molar-refractivity contribution in [2.45, 2.75) is 12.6 Å². The SMILES string of the molecule is CN(C)C(CNCc1cccc([N+](=O)[O-])c1)c1ccsc1. The molecule has 1 unspecified atom stereocenters. The topological polar surface area (TPSA) is 58.4 Å². The molecule has 2 aromatic rings. The number of nitrogens with one attached hydrogen (secondary N) is 1. The van der Waals surface area contributed by atoms with Gasteiger partial charge in [-0.2, -0.15) is 11.3 Å². The lowest BCUT2D eigenvalue weighted by Crippen LogP contribution is -2.30. The van der Waals surface area contributed by atoms with Gasteiger partial charge >= 0.3 is 0 Å². The molecule has 1 aromatic heterocycles. The maximum Gasteiger partial charge on any atom is 0.269 e. The Morgan fingerprint density at radius 2 is 2.19 bits per heavy atom. The van der Waals surface area contributed by atoms with Gasteiger partial charge in [0.15, 0.2) is 0 Å². The van der Waals surface area contributed by atoms with Crippen molar-refractivity contribution < 1.29 is 4.92 Å². The molecule has 0 spiro atoms. The van der Waals surface area contributed by atoms with E-state index in [0.29, 0.717) is 12.6 Å². The number of rotatable bonds is 7. The minimum Gasteiger partial charge on any atom is -0.311 e. The van der Waals surface area contributed by atoms with Gasteiger partial charge in [0.25, 0.3) is 5.69 Å². The van der Waals surface area contributed by atoms with E-state index in [-0.39, 0.29) is 10.6 Å². The lowest BCUT2D eigenvalue weighted by molar-refractivity contribution is -0.384. The molecule has 0 saturated carbocycles. The van der Waals surface area contributed by atoms with E-state index in [2.05, 4.69) is 41.1 Å². The highest BCUT2D eigenvalue weighted by atomic mass is 32.1. The molecular weight excluding hydrogens is 286 g/mol. The van der Waals surface area contributed by atoms with Crippen LogP contribution in [0.25, 0.3) is 0 Å². The van der Waals surface area contributed by atoms with E-state index in [1.165, 1.54) is 11.6 Å². The average Bonchev–Trinajstić information content (AvgIpc) is 2.97. The van der Waals surface area contributed by atoms with E-state index in [0.717, 1.165) is 12.1 Å². The predicted molar refractivity (Wildman–Crippen MR) is 85.6 cm³/mol. The largest absolute Gasteiger partial charge is 0.311 e. The maximum atomic E-state index is 10.8.